The predicted molar refractivity (Wildman–Crippen MR) is 92.1 cm³/mol. The number of aromatic amines is 1. The summed E-state index contributed by atoms with van der Waals surface area (Å²) < 4.78 is 2.09. The molecular formula is C18H21N5O. The lowest BCUT2D eigenvalue weighted by Gasteiger charge is -2.13. The van der Waals surface area contributed by atoms with Gasteiger partial charge in [0.25, 0.3) is 5.56 Å². The molecule has 3 aliphatic rings. The van der Waals surface area contributed by atoms with Crippen LogP contribution < -0.4 is 5.56 Å². The minimum Gasteiger partial charge on any atom is -0.300 e. The number of H-pyrrole nitrogens is 1. The minimum absolute atomic E-state index is 0.219. The van der Waals surface area contributed by atoms with Crippen LogP contribution in [0.2, 0.25) is 0 Å². The largest absolute Gasteiger partial charge is 0.300 e. The van der Waals surface area contributed by atoms with Crippen LogP contribution in [-0.4, -0.2) is 24.7 Å². The lowest BCUT2D eigenvalue weighted by atomic mass is 10.1. The van der Waals surface area contributed by atoms with Gasteiger partial charge in [0.2, 0.25) is 0 Å². The summed E-state index contributed by atoms with van der Waals surface area (Å²) in [5.74, 6) is 1.13. The zero-order chi connectivity index (χ0) is 16.7. The van der Waals surface area contributed by atoms with E-state index in [0.717, 1.165) is 36.5 Å². The van der Waals surface area contributed by atoms with Crippen molar-refractivity contribution in [2.45, 2.75) is 52.0 Å². The molecule has 4 rings (SSSR count). The van der Waals surface area contributed by atoms with Gasteiger partial charge in [0.15, 0.2) is 11.6 Å². The zero-order valence-electron chi connectivity index (χ0n) is 14.0. The van der Waals surface area contributed by atoms with Crippen LogP contribution in [-0.2, 0) is 6.42 Å². The maximum absolute atomic E-state index is 12.7. The molecule has 1 aromatic heterocycles. The number of pyridine rings is 1. The van der Waals surface area contributed by atoms with Crippen molar-refractivity contribution in [2.75, 3.05) is 0 Å². The fourth-order valence-corrected chi connectivity index (χ4v) is 3.59. The molecular weight excluding hydrogens is 302 g/mol. The van der Waals surface area contributed by atoms with Gasteiger partial charge in [0.05, 0.1) is 6.04 Å². The van der Waals surface area contributed by atoms with Gasteiger partial charge in [-0.2, -0.15) is 4.98 Å². The van der Waals surface area contributed by atoms with Crippen molar-refractivity contribution >= 4 is 0 Å². The van der Waals surface area contributed by atoms with Crippen LogP contribution in [0.15, 0.2) is 23.0 Å². The van der Waals surface area contributed by atoms with Crippen LogP contribution in [0.1, 0.15) is 50.0 Å². The summed E-state index contributed by atoms with van der Waals surface area (Å²) in [6.07, 6.45) is 5.46. The quantitative estimate of drug-likeness (QED) is 0.803. The molecule has 0 atom stereocenters. The van der Waals surface area contributed by atoms with E-state index in [0.29, 0.717) is 23.1 Å². The van der Waals surface area contributed by atoms with Crippen molar-refractivity contribution in [3.63, 3.8) is 0 Å². The van der Waals surface area contributed by atoms with E-state index in [1.807, 2.05) is 32.0 Å². The summed E-state index contributed by atoms with van der Waals surface area (Å²) in [7, 11) is 0. The van der Waals surface area contributed by atoms with Gasteiger partial charge in [-0.1, -0.05) is 25.8 Å². The molecule has 0 spiro atoms. The van der Waals surface area contributed by atoms with Gasteiger partial charge >= 0.3 is 0 Å². The number of hydrogen-bond acceptors (Lipinski definition) is 4. The SMILES string of the molecule is CCc1[nH]n(C2CCCC2)c2nc(-c3cccc(C)n3)nc(=O)c1-2. The molecule has 0 saturated heterocycles. The van der Waals surface area contributed by atoms with E-state index in [1.54, 1.807) is 0 Å². The fraction of sp³-hybridized carbons (Fsp3) is 0.444. The lowest BCUT2D eigenvalue weighted by molar-refractivity contribution is 0.464. The van der Waals surface area contributed by atoms with Gasteiger partial charge in [-0.15, -0.1) is 0 Å². The Balaban J connectivity index is 1.93. The second-order valence-electron chi connectivity index (χ2n) is 6.47. The van der Waals surface area contributed by atoms with Gasteiger partial charge in [0.1, 0.15) is 11.3 Å². The maximum atomic E-state index is 12.7. The predicted octanol–water partition coefficient (Wildman–Crippen LogP) is 3.12. The molecule has 2 aliphatic heterocycles. The third-order valence-corrected chi connectivity index (χ3v) is 4.80. The van der Waals surface area contributed by atoms with Crippen molar-refractivity contribution in [3.8, 4) is 22.9 Å². The molecule has 1 fully saturated rings. The van der Waals surface area contributed by atoms with E-state index >= 15 is 0 Å². The van der Waals surface area contributed by atoms with Gasteiger partial charge in [-0.05, 0) is 38.3 Å². The van der Waals surface area contributed by atoms with Gasteiger partial charge < -0.3 is 0 Å². The topological polar surface area (TPSA) is 76.5 Å². The number of nitrogens with zero attached hydrogens (tertiary/aromatic N) is 4. The molecule has 0 amide bonds. The second-order valence-corrected chi connectivity index (χ2v) is 6.47. The summed E-state index contributed by atoms with van der Waals surface area (Å²) in [6.45, 7) is 3.96. The summed E-state index contributed by atoms with van der Waals surface area (Å²) in [4.78, 5) is 26.0. The molecule has 6 heteroatoms. The molecule has 0 aromatic carbocycles. The van der Waals surface area contributed by atoms with Gasteiger partial charge in [0, 0.05) is 11.4 Å². The lowest BCUT2D eigenvalue weighted by Crippen LogP contribution is -2.17. The molecule has 0 bridgehead atoms. The Morgan fingerprint density at radius 1 is 1.21 bits per heavy atom. The fourth-order valence-electron chi connectivity index (χ4n) is 3.59. The number of fused-ring (bicyclic) bond motifs is 1. The Hall–Kier alpha value is -2.50. The molecule has 1 aliphatic carbocycles. The number of aromatic nitrogens is 5. The van der Waals surface area contributed by atoms with Gasteiger partial charge in [-0.25, -0.2) is 9.97 Å². The first-order valence-electron chi connectivity index (χ1n) is 8.62. The minimum atomic E-state index is -0.219. The third kappa shape index (κ3) is 2.42. The molecule has 1 aromatic rings. The highest BCUT2D eigenvalue weighted by Crippen LogP contribution is 2.34. The van der Waals surface area contributed by atoms with Crippen LogP contribution >= 0.6 is 0 Å². The number of aryl methyl sites for hydroxylation is 2. The molecule has 124 valence electrons. The molecule has 0 radical (unpaired) electrons. The Morgan fingerprint density at radius 3 is 2.71 bits per heavy atom. The molecule has 24 heavy (non-hydrogen) atoms. The van der Waals surface area contributed by atoms with E-state index in [2.05, 4.69) is 19.7 Å². The van der Waals surface area contributed by atoms with Crippen molar-refractivity contribution in [1.82, 2.24) is 24.7 Å². The first kappa shape index (κ1) is 15.1. The highest BCUT2D eigenvalue weighted by atomic mass is 16.1. The number of hydrogen-bond donors (Lipinski definition) is 1. The third-order valence-electron chi connectivity index (χ3n) is 4.80. The average Bonchev–Trinajstić information content (AvgIpc) is 3.22. The van der Waals surface area contributed by atoms with Crippen LogP contribution in [0.5, 0.6) is 0 Å². The van der Waals surface area contributed by atoms with Crippen LogP contribution in [0.3, 0.4) is 0 Å². The van der Waals surface area contributed by atoms with Crippen LogP contribution in [0.4, 0.5) is 0 Å². The Labute approximate surface area is 140 Å². The first-order chi connectivity index (χ1) is 11.7. The van der Waals surface area contributed by atoms with Crippen molar-refractivity contribution in [3.05, 3.63) is 39.9 Å². The summed E-state index contributed by atoms with van der Waals surface area (Å²) in [6, 6.07) is 6.07. The molecule has 6 nitrogen and oxygen atoms in total. The molecule has 1 N–H and O–H groups in total. The summed E-state index contributed by atoms with van der Waals surface area (Å²) >= 11 is 0. The second kappa shape index (κ2) is 5.85. The zero-order valence-corrected chi connectivity index (χ0v) is 14.0. The summed E-state index contributed by atoms with van der Waals surface area (Å²) in [5, 5.41) is 3.41. The highest BCUT2D eigenvalue weighted by Gasteiger charge is 2.27. The van der Waals surface area contributed by atoms with Gasteiger partial charge in [-0.3, -0.25) is 14.6 Å². The average molecular weight is 323 g/mol. The first-order valence-corrected chi connectivity index (χ1v) is 8.62. The molecule has 0 unspecified atom stereocenters. The van der Waals surface area contributed by atoms with Crippen molar-refractivity contribution in [2.24, 2.45) is 0 Å². The van der Waals surface area contributed by atoms with E-state index in [-0.39, 0.29) is 5.56 Å². The van der Waals surface area contributed by atoms with Crippen molar-refractivity contribution in [1.29, 1.82) is 0 Å². The Morgan fingerprint density at radius 2 is 2.00 bits per heavy atom. The van der Waals surface area contributed by atoms with Crippen LogP contribution in [0.25, 0.3) is 22.9 Å². The smallest absolute Gasteiger partial charge is 0.284 e. The molecule has 3 heterocycles. The number of rotatable bonds is 3. The Kier molecular flexibility index (Phi) is 3.67. The summed E-state index contributed by atoms with van der Waals surface area (Å²) in [5.41, 5.74) is 2.86. The van der Waals surface area contributed by atoms with E-state index in [9.17, 15) is 4.79 Å². The highest BCUT2D eigenvalue weighted by molar-refractivity contribution is 5.63. The number of nitrogens with one attached hydrogen (secondary N) is 1. The molecule has 1 saturated carbocycles. The van der Waals surface area contributed by atoms with E-state index in [1.165, 1.54) is 12.8 Å². The monoisotopic (exact) mass is 323 g/mol. The Bertz CT molecular complexity index is 904. The normalized spacial score (nSPS) is 15.4. The van der Waals surface area contributed by atoms with Crippen LogP contribution in [0, 0.1) is 6.92 Å². The van der Waals surface area contributed by atoms with Crippen molar-refractivity contribution < 1.29 is 0 Å². The van der Waals surface area contributed by atoms with E-state index < -0.39 is 0 Å². The van der Waals surface area contributed by atoms with E-state index in [4.69, 9.17) is 4.98 Å². The maximum Gasteiger partial charge on any atom is 0.284 e. The standard InChI is InChI=1S/C18H21N5O/c1-3-13-15-17(23(22-13)12-8-4-5-9-12)20-16(21-18(15)24)14-10-6-7-11(2)19-14/h6-7,10,12,22H,3-5,8-9H2,1-2H3.